The van der Waals surface area contributed by atoms with E-state index < -0.39 is 0 Å². The number of halogens is 1. The number of aryl methyl sites for hydroxylation is 1. The standard InChI is InChI=1S/C21H25ClN2O3/c22-18-13-15(3-4-19(18)27-16-7-11-26-12-8-16)17-6-10-24(21(25)20(17)23)9-5-14-1-2-14/h3-4,6,10,13-14,16H,1-2,5,7-9,11-12,23H2. The predicted molar refractivity (Wildman–Crippen MR) is 107 cm³/mol. The van der Waals surface area contributed by atoms with Crippen LogP contribution in [0.3, 0.4) is 0 Å². The summed E-state index contributed by atoms with van der Waals surface area (Å²) in [5.74, 6) is 1.43. The number of benzene rings is 1. The van der Waals surface area contributed by atoms with Crippen LogP contribution in [0.25, 0.3) is 11.1 Å². The SMILES string of the molecule is Nc1c(-c2ccc(OC3CCOCC3)c(Cl)c2)ccn(CCC2CC2)c1=O. The molecule has 1 saturated carbocycles. The normalized spacial score (nSPS) is 17.8. The molecular weight excluding hydrogens is 364 g/mol. The molecule has 0 atom stereocenters. The molecule has 144 valence electrons. The topological polar surface area (TPSA) is 66.5 Å². The lowest BCUT2D eigenvalue weighted by Gasteiger charge is -2.24. The molecule has 2 N–H and O–H groups in total. The van der Waals surface area contributed by atoms with Gasteiger partial charge >= 0.3 is 0 Å². The first-order chi connectivity index (χ1) is 13.1. The van der Waals surface area contributed by atoms with Gasteiger partial charge in [-0.3, -0.25) is 4.79 Å². The minimum absolute atomic E-state index is 0.127. The minimum atomic E-state index is -0.133. The second-order valence-corrected chi connectivity index (χ2v) is 7.86. The van der Waals surface area contributed by atoms with Crippen LogP contribution in [0.2, 0.25) is 5.02 Å². The monoisotopic (exact) mass is 388 g/mol. The molecule has 1 saturated heterocycles. The fourth-order valence-electron chi connectivity index (χ4n) is 3.49. The Bertz CT molecular complexity index is 870. The molecule has 0 unspecified atom stereocenters. The third kappa shape index (κ3) is 4.30. The van der Waals surface area contributed by atoms with Crippen molar-refractivity contribution in [3.05, 3.63) is 45.8 Å². The first kappa shape index (κ1) is 18.4. The summed E-state index contributed by atoms with van der Waals surface area (Å²) < 4.78 is 13.1. The molecular formula is C21H25ClN2O3. The van der Waals surface area contributed by atoms with Gasteiger partial charge in [0.2, 0.25) is 0 Å². The zero-order valence-electron chi connectivity index (χ0n) is 15.3. The van der Waals surface area contributed by atoms with Crippen molar-refractivity contribution in [2.45, 2.75) is 44.8 Å². The second kappa shape index (κ2) is 7.95. The van der Waals surface area contributed by atoms with Gasteiger partial charge in [0.1, 0.15) is 17.5 Å². The maximum absolute atomic E-state index is 12.6. The third-order valence-corrected chi connectivity index (χ3v) is 5.68. The molecule has 1 aliphatic heterocycles. The van der Waals surface area contributed by atoms with Crippen molar-refractivity contribution in [3.8, 4) is 16.9 Å². The van der Waals surface area contributed by atoms with E-state index in [1.54, 1.807) is 4.57 Å². The molecule has 1 aromatic carbocycles. The van der Waals surface area contributed by atoms with Crippen LogP contribution >= 0.6 is 11.6 Å². The van der Waals surface area contributed by atoms with Gasteiger partial charge < -0.3 is 19.8 Å². The molecule has 6 heteroatoms. The highest BCUT2D eigenvalue weighted by atomic mass is 35.5. The molecule has 2 aliphatic rings. The number of nitrogens with zero attached hydrogens (tertiary/aromatic N) is 1. The molecule has 0 spiro atoms. The summed E-state index contributed by atoms with van der Waals surface area (Å²) in [6.07, 6.45) is 7.29. The maximum Gasteiger partial charge on any atom is 0.274 e. The van der Waals surface area contributed by atoms with E-state index in [2.05, 4.69) is 0 Å². The summed E-state index contributed by atoms with van der Waals surface area (Å²) in [4.78, 5) is 12.6. The van der Waals surface area contributed by atoms with Gasteiger partial charge in [-0.25, -0.2) is 0 Å². The average molecular weight is 389 g/mol. The van der Waals surface area contributed by atoms with E-state index in [1.807, 2.05) is 30.5 Å². The average Bonchev–Trinajstić information content (AvgIpc) is 3.50. The summed E-state index contributed by atoms with van der Waals surface area (Å²) >= 11 is 6.43. The number of rotatable bonds is 6. The summed E-state index contributed by atoms with van der Waals surface area (Å²) in [5.41, 5.74) is 7.82. The molecule has 4 rings (SSSR count). The van der Waals surface area contributed by atoms with E-state index in [0.717, 1.165) is 37.3 Å². The Labute approximate surface area is 164 Å². The van der Waals surface area contributed by atoms with Crippen molar-refractivity contribution in [1.29, 1.82) is 0 Å². The Kier molecular flexibility index (Phi) is 5.41. The zero-order chi connectivity index (χ0) is 18.8. The third-order valence-electron chi connectivity index (χ3n) is 5.38. The highest BCUT2D eigenvalue weighted by molar-refractivity contribution is 6.32. The van der Waals surface area contributed by atoms with Crippen molar-refractivity contribution < 1.29 is 9.47 Å². The molecule has 0 radical (unpaired) electrons. The number of anilines is 1. The maximum atomic E-state index is 12.6. The first-order valence-electron chi connectivity index (χ1n) is 9.65. The summed E-state index contributed by atoms with van der Waals surface area (Å²) in [5, 5.41) is 0.524. The number of pyridine rings is 1. The van der Waals surface area contributed by atoms with Crippen LogP contribution in [0.1, 0.15) is 32.1 Å². The highest BCUT2D eigenvalue weighted by Crippen LogP contribution is 2.34. The second-order valence-electron chi connectivity index (χ2n) is 7.45. The van der Waals surface area contributed by atoms with Gasteiger partial charge in [0, 0.05) is 31.1 Å². The van der Waals surface area contributed by atoms with Crippen LogP contribution in [0, 0.1) is 5.92 Å². The van der Waals surface area contributed by atoms with E-state index in [0.29, 0.717) is 29.5 Å². The number of nitrogens with two attached hydrogens (primary N) is 1. The Morgan fingerprint density at radius 3 is 2.67 bits per heavy atom. The molecule has 2 heterocycles. The number of hydrogen-bond acceptors (Lipinski definition) is 4. The summed E-state index contributed by atoms with van der Waals surface area (Å²) in [7, 11) is 0. The van der Waals surface area contributed by atoms with Crippen LogP contribution < -0.4 is 16.0 Å². The largest absolute Gasteiger partial charge is 0.489 e. The number of nitrogen functional groups attached to an aromatic ring is 1. The minimum Gasteiger partial charge on any atom is -0.489 e. The summed E-state index contributed by atoms with van der Waals surface area (Å²) in [6, 6.07) is 7.47. The van der Waals surface area contributed by atoms with E-state index >= 15 is 0 Å². The van der Waals surface area contributed by atoms with Gasteiger partial charge in [0.25, 0.3) is 5.56 Å². The molecule has 0 amide bonds. The van der Waals surface area contributed by atoms with E-state index in [-0.39, 0.29) is 17.4 Å². The number of ether oxygens (including phenoxy) is 2. The molecule has 1 aromatic heterocycles. The highest BCUT2D eigenvalue weighted by Gasteiger charge is 2.21. The van der Waals surface area contributed by atoms with Crippen molar-refractivity contribution >= 4 is 17.3 Å². The first-order valence-corrected chi connectivity index (χ1v) is 10.0. The van der Waals surface area contributed by atoms with Crippen LogP contribution in [0.5, 0.6) is 5.75 Å². The van der Waals surface area contributed by atoms with Gasteiger partial charge in [-0.05, 0) is 36.1 Å². The molecule has 2 fully saturated rings. The van der Waals surface area contributed by atoms with E-state index in [9.17, 15) is 4.79 Å². The van der Waals surface area contributed by atoms with Crippen molar-refractivity contribution in [3.63, 3.8) is 0 Å². The van der Waals surface area contributed by atoms with Gasteiger partial charge in [0.05, 0.1) is 18.2 Å². The Morgan fingerprint density at radius 2 is 1.96 bits per heavy atom. The summed E-state index contributed by atoms with van der Waals surface area (Å²) in [6.45, 7) is 2.16. The fourth-order valence-corrected chi connectivity index (χ4v) is 3.71. The van der Waals surface area contributed by atoms with E-state index in [1.165, 1.54) is 12.8 Å². The number of hydrogen-bond donors (Lipinski definition) is 1. The van der Waals surface area contributed by atoms with Crippen molar-refractivity contribution in [1.82, 2.24) is 4.57 Å². The van der Waals surface area contributed by atoms with Crippen LogP contribution in [0.15, 0.2) is 35.3 Å². The van der Waals surface area contributed by atoms with Crippen molar-refractivity contribution in [2.75, 3.05) is 18.9 Å². The zero-order valence-corrected chi connectivity index (χ0v) is 16.1. The molecule has 2 aromatic rings. The van der Waals surface area contributed by atoms with Crippen LogP contribution in [-0.2, 0) is 11.3 Å². The Hall–Kier alpha value is -1.98. The van der Waals surface area contributed by atoms with Crippen molar-refractivity contribution in [2.24, 2.45) is 5.92 Å². The van der Waals surface area contributed by atoms with Crippen LogP contribution in [0.4, 0.5) is 5.69 Å². The fraction of sp³-hybridized carbons (Fsp3) is 0.476. The molecule has 1 aliphatic carbocycles. The predicted octanol–water partition coefficient (Wildman–Crippen LogP) is 4.11. The lowest BCUT2D eigenvalue weighted by Crippen LogP contribution is -2.26. The Balaban J connectivity index is 1.53. The van der Waals surface area contributed by atoms with Gasteiger partial charge in [0.15, 0.2) is 0 Å². The molecule has 27 heavy (non-hydrogen) atoms. The number of aromatic nitrogens is 1. The van der Waals surface area contributed by atoms with E-state index in [4.69, 9.17) is 26.8 Å². The van der Waals surface area contributed by atoms with Gasteiger partial charge in [-0.2, -0.15) is 0 Å². The molecule has 5 nitrogen and oxygen atoms in total. The molecule has 0 bridgehead atoms. The smallest absolute Gasteiger partial charge is 0.274 e. The van der Waals surface area contributed by atoms with Gasteiger partial charge in [-0.15, -0.1) is 0 Å². The lowest BCUT2D eigenvalue weighted by molar-refractivity contribution is 0.0256. The quantitative estimate of drug-likeness (QED) is 0.808. The van der Waals surface area contributed by atoms with Crippen LogP contribution in [-0.4, -0.2) is 23.9 Å². The van der Waals surface area contributed by atoms with Gasteiger partial charge in [-0.1, -0.05) is 30.5 Å². The lowest BCUT2D eigenvalue weighted by atomic mass is 10.0. The Morgan fingerprint density at radius 1 is 1.19 bits per heavy atom.